The second-order valence-corrected chi connectivity index (χ2v) is 7.69. The van der Waals surface area contributed by atoms with Gasteiger partial charge in [-0.3, -0.25) is 19.4 Å². The van der Waals surface area contributed by atoms with Crippen LogP contribution in [0.3, 0.4) is 0 Å². The fourth-order valence-electron chi connectivity index (χ4n) is 3.93. The number of carbonyl (C=O) groups excluding carboxylic acids is 3. The van der Waals surface area contributed by atoms with Gasteiger partial charge in [-0.15, -0.1) is 0 Å². The summed E-state index contributed by atoms with van der Waals surface area (Å²) < 4.78 is 24.3. The molecule has 32 heavy (non-hydrogen) atoms. The van der Waals surface area contributed by atoms with E-state index in [0.29, 0.717) is 18.5 Å². The number of fused-ring (bicyclic) bond motifs is 1. The molecular formula is C21H22FN5O5. The lowest BCUT2D eigenvalue weighted by atomic mass is 10.1. The Balaban J connectivity index is 1.50. The van der Waals surface area contributed by atoms with E-state index in [1.807, 2.05) is 0 Å². The number of anilines is 1. The molecule has 0 aliphatic carbocycles. The van der Waals surface area contributed by atoms with Crippen molar-refractivity contribution in [3.8, 4) is 5.75 Å². The summed E-state index contributed by atoms with van der Waals surface area (Å²) in [4.78, 5) is 48.0. The van der Waals surface area contributed by atoms with Crippen LogP contribution < -0.4 is 15.4 Å². The van der Waals surface area contributed by atoms with Crippen LogP contribution in [0.4, 0.5) is 10.1 Å². The Labute approximate surface area is 183 Å². The minimum atomic E-state index is -1.66. The van der Waals surface area contributed by atoms with Crippen molar-refractivity contribution < 1.29 is 28.2 Å². The average Bonchev–Trinajstić information content (AvgIpc) is 3.23. The molecule has 0 bridgehead atoms. The Kier molecular flexibility index (Phi) is 5.74. The fourth-order valence-corrected chi connectivity index (χ4v) is 3.93. The highest BCUT2D eigenvalue weighted by atomic mass is 19.1. The molecule has 2 fully saturated rings. The van der Waals surface area contributed by atoms with Crippen LogP contribution in [0.5, 0.6) is 5.75 Å². The van der Waals surface area contributed by atoms with Gasteiger partial charge in [0.15, 0.2) is 11.6 Å². The molecule has 2 aromatic rings. The van der Waals surface area contributed by atoms with E-state index in [4.69, 9.17) is 9.47 Å². The average molecular weight is 443 g/mol. The van der Waals surface area contributed by atoms with Gasteiger partial charge >= 0.3 is 0 Å². The second kappa shape index (κ2) is 8.50. The van der Waals surface area contributed by atoms with E-state index in [2.05, 4.69) is 20.6 Å². The number of hydrogen-bond acceptors (Lipinski definition) is 7. The Hall–Kier alpha value is -3.60. The van der Waals surface area contributed by atoms with Gasteiger partial charge in [0.1, 0.15) is 11.7 Å². The first kappa shape index (κ1) is 21.6. The Bertz CT molecular complexity index is 1050. The van der Waals surface area contributed by atoms with Crippen molar-refractivity contribution in [2.75, 3.05) is 19.0 Å². The molecule has 2 saturated heterocycles. The molecule has 2 N–H and O–H groups in total. The number of benzene rings is 1. The standard InChI is InChI=1S/C21H22FN5O5/c1-21(26-18(28)15-10-23-7-8-24-15)20(30)27-13(11-32-21)4-6-16(27)19(29)25-12-3-5-14(22)17(9-12)31-2/h3,5,7-10,13,16H,4,6,11H2,1-2H3,(H,25,29)(H,26,28)/t13-,16+,21-/m0/s1. The molecule has 168 valence electrons. The number of methoxy groups -OCH3 is 1. The first-order valence-corrected chi connectivity index (χ1v) is 10.0. The first-order chi connectivity index (χ1) is 15.3. The van der Waals surface area contributed by atoms with Gasteiger partial charge in [-0.1, -0.05) is 0 Å². The van der Waals surface area contributed by atoms with Gasteiger partial charge in [0.25, 0.3) is 11.8 Å². The van der Waals surface area contributed by atoms with Crippen molar-refractivity contribution in [2.45, 2.75) is 37.6 Å². The molecule has 0 spiro atoms. The maximum Gasteiger partial charge on any atom is 0.276 e. The maximum atomic E-state index is 13.6. The third kappa shape index (κ3) is 3.98. The third-order valence-corrected chi connectivity index (χ3v) is 5.58. The predicted molar refractivity (Wildman–Crippen MR) is 109 cm³/mol. The van der Waals surface area contributed by atoms with Crippen LogP contribution in [0.25, 0.3) is 0 Å². The lowest BCUT2D eigenvalue weighted by molar-refractivity contribution is -0.181. The number of aromatic nitrogens is 2. The van der Waals surface area contributed by atoms with E-state index >= 15 is 0 Å². The number of amides is 3. The fraction of sp³-hybridized carbons (Fsp3) is 0.381. The topological polar surface area (TPSA) is 123 Å². The van der Waals surface area contributed by atoms with Crippen molar-refractivity contribution in [3.63, 3.8) is 0 Å². The Morgan fingerprint density at radius 3 is 2.84 bits per heavy atom. The molecule has 10 nitrogen and oxygen atoms in total. The molecule has 4 rings (SSSR count). The zero-order valence-electron chi connectivity index (χ0n) is 17.5. The van der Waals surface area contributed by atoms with E-state index < -0.39 is 35.3 Å². The first-order valence-electron chi connectivity index (χ1n) is 10.0. The van der Waals surface area contributed by atoms with Gasteiger partial charge in [-0.25, -0.2) is 9.37 Å². The van der Waals surface area contributed by atoms with Gasteiger partial charge in [-0.2, -0.15) is 0 Å². The summed E-state index contributed by atoms with van der Waals surface area (Å²) in [7, 11) is 1.33. The second-order valence-electron chi connectivity index (χ2n) is 7.69. The zero-order valence-corrected chi connectivity index (χ0v) is 17.5. The SMILES string of the molecule is COc1cc(NC(=O)[C@H]2CC[C@H]3CO[C@](C)(NC(=O)c4cnccn4)C(=O)N32)ccc1F. The number of ether oxygens (including phenoxy) is 2. The molecule has 1 aromatic carbocycles. The normalized spacial score (nSPS) is 24.6. The highest BCUT2D eigenvalue weighted by Crippen LogP contribution is 2.33. The molecule has 1 aromatic heterocycles. The van der Waals surface area contributed by atoms with Crippen molar-refractivity contribution >= 4 is 23.4 Å². The number of halogens is 1. The number of carbonyl (C=O) groups is 3. The minimum Gasteiger partial charge on any atom is -0.494 e. The largest absolute Gasteiger partial charge is 0.494 e. The maximum absolute atomic E-state index is 13.6. The van der Waals surface area contributed by atoms with Crippen LogP contribution in [0.1, 0.15) is 30.3 Å². The summed E-state index contributed by atoms with van der Waals surface area (Å²) in [6.45, 7) is 1.61. The summed E-state index contributed by atoms with van der Waals surface area (Å²) >= 11 is 0. The van der Waals surface area contributed by atoms with E-state index in [1.54, 1.807) is 0 Å². The van der Waals surface area contributed by atoms with E-state index in [0.717, 1.165) is 0 Å². The van der Waals surface area contributed by atoms with E-state index in [1.165, 1.54) is 55.7 Å². The smallest absolute Gasteiger partial charge is 0.276 e. The van der Waals surface area contributed by atoms with Gasteiger partial charge in [0, 0.05) is 24.1 Å². The van der Waals surface area contributed by atoms with E-state index in [9.17, 15) is 18.8 Å². The molecule has 0 unspecified atom stereocenters. The Morgan fingerprint density at radius 1 is 1.31 bits per heavy atom. The molecular weight excluding hydrogens is 421 g/mol. The number of nitrogens with zero attached hydrogens (tertiary/aromatic N) is 3. The monoisotopic (exact) mass is 443 g/mol. The summed E-state index contributed by atoms with van der Waals surface area (Å²) in [5.41, 5.74) is -1.28. The van der Waals surface area contributed by atoms with Crippen LogP contribution in [0, 0.1) is 5.82 Å². The summed E-state index contributed by atoms with van der Waals surface area (Å²) in [6, 6.07) is 2.91. The minimum absolute atomic E-state index is 0.00570. The van der Waals surface area contributed by atoms with Gasteiger partial charge in [-0.05, 0) is 31.9 Å². The summed E-state index contributed by atoms with van der Waals surface area (Å²) in [5.74, 6) is -2.12. The summed E-state index contributed by atoms with van der Waals surface area (Å²) in [5, 5.41) is 5.27. The zero-order chi connectivity index (χ0) is 22.9. The van der Waals surface area contributed by atoms with Crippen molar-refractivity contribution in [1.29, 1.82) is 0 Å². The van der Waals surface area contributed by atoms with Crippen LogP contribution in [-0.2, 0) is 14.3 Å². The van der Waals surface area contributed by atoms with Crippen molar-refractivity contribution in [3.05, 3.63) is 48.3 Å². The molecule has 3 atom stereocenters. The number of nitrogens with one attached hydrogen (secondary N) is 2. The highest BCUT2D eigenvalue weighted by molar-refractivity contribution is 6.01. The quantitative estimate of drug-likeness (QED) is 0.709. The summed E-state index contributed by atoms with van der Waals surface area (Å²) in [6.07, 6.45) is 5.07. The van der Waals surface area contributed by atoms with Gasteiger partial charge in [0.05, 0.1) is 26.0 Å². The molecule has 2 aliphatic rings. The lowest BCUT2D eigenvalue weighted by Gasteiger charge is -2.43. The van der Waals surface area contributed by atoms with Gasteiger partial charge < -0.3 is 25.0 Å². The Morgan fingerprint density at radius 2 is 2.12 bits per heavy atom. The number of morpholine rings is 1. The van der Waals surface area contributed by atoms with Crippen molar-refractivity contribution in [2.24, 2.45) is 0 Å². The van der Waals surface area contributed by atoms with Crippen molar-refractivity contribution in [1.82, 2.24) is 20.2 Å². The van der Waals surface area contributed by atoms with Crippen LogP contribution in [0.15, 0.2) is 36.8 Å². The van der Waals surface area contributed by atoms with Crippen LogP contribution in [0.2, 0.25) is 0 Å². The lowest BCUT2D eigenvalue weighted by Crippen LogP contribution is -2.67. The van der Waals surface area contributed by atoms with E-state index in [-0.39, 0.29) is 24.1 Å². The third-order valence-electron chi connectivity index (χ3n) is 5.58. The number of rotatable bonds is 5. The molecule has 0 radical (unpaired) electrons. The number of hydrogen-bond donors (Lipinski definition) is 2. The molecule has 3 amide bonds. The van der Waals surface area contributed by atoms with Crippen LogP contribution >= 0.6 is 0 Å². The van der Waals surface area contributed by atoms with Crippen LogP contribution in [-0.4, -0.2) is 64.1 Å². The highest BCUT2D eigenvalue weighted by Gasteiger charge is 2.52. The predicted octanol–water partition coefficient (Wildman–Crippen LogP) is 1.10. The van der Waals surface area contributed by atoms with Gasteiger partial charge in [0.2, 0.25) is 11.6 Å². The molecule has 2 aliphatic heterocycles. The molecule has 3 heterocycles. The molecule has 0 saturated carbocycles. The molecule has 11 heteroatoms.